The van der Waals surface area contributed by atoms with E-state index in [1.165, 1.54) is 42.3 Å². The number of halogens is 1. The molecule has 8 heteroatoms. The molecule has 0 atom stereocenters. The zero-order valence-electron chi connectivity index (χ0n) is 26.4. The molecule has 0 aliphatic heterocycles. The van der Waals surface area contributed by atoms with Gasteiger partial charge in [0.1, 0.15) is 12.8 Å². The second-order valence-electron chi connectivity index (χ2n) is 10.9. The number of pyridine rings is 1. The minimum Gasteiger partial charge on any atom is -0.454 e. The number of hydrogen-bond donors (Lipinski definition) is 2. The Kier molecular flexibility index (Phi) is 12.4. The minimum atomic E-state index is -1.45. The van der Waals surface area contributed by atoms with Crippen LogP contribution < -0.4 is 15.1 Å². The molecule has 0 aliphatic carbocycles. The van der Waals surface area contributed by atoms with Crippen LogP contribution >= 0.6 is 0 Å². The van der Waals surface area contributed by atoms with Crippen LogP contribution in [0, 0.1) is 12.7 Å². The monoisotopic (exact) mass is 581 g/mol. The molecule has 0 radical (unpaired) electrons. The van der Waals surface area contributed by atoms with Gasteiger partial charge in [0.05, 0.1) is 0 Å². The number of aryl methyl sites for hydroxylation is 1. The van der Waals surface area contributed by atoms with Gasteiger partial charge in [0.25, 0.3) is 5.56 Å². The standard InChI is InChI=1S/C31H38FN2O5.C3H8/c1-8-10-22(28(35)9-2)15-24-20(5)31(36)33(6)18-26(24)25-17-23(34(7,37)38)12-14-29(25)39-30-13-11-21(19(3)4)16-27(30)32;1-3-2/h11-19,37-38H,8-10H2,1-7H3;3H2,1-2H3/q+1;/b22-15+;. The number of allylic oxidation sites excluding steroid dienone is 1. The number of ether oxygens (including phenoxy) is 1. The van der Waals surface area contributed by atoms with E-state index in [2.05, 4.69) is 13.8 Å². The summed E-state index contributed by atoms with van der Waals surface area (Å²) in [5.74, 6) is -0.161. The van der Waals surface area contributed by atoms with Crippen LogP contribution in [0.15, 0.2) is 53.0 Å². The molecule has 0 saturated heterocycles. The van der Waals surface area contributed by atoms with Gasteiger partial charge >= 0.3 is 0 Å². The van der Waals surface area contributed by atoms with Crippen molar-refractivity contribution >= 4 is 17.5 Å². The summed E-state index contributed by atoms with van der Waals surface area (Å²) >= 11 is 0. The summed E-state index contributed by atoms with van der Waals surface area (Å²) in [6, 6.07) is 9.31. The Morgan fingerprint density at radius 2 is 1.67 bits per heavy atom. The van der Waals surface area contributed by atoms with Crippen LogP contribution in [-0.4, -0.2) is 27.8 Å². The van der Waals surface area contributed by atoms with Crippen molar-refractivity contribution in [2.45, 2.75) is 80.1 Å². The van der Waals surface area contributed by atoms with Gasteiger partial charge < -0.3 is 9.30 Å². The Morgan fingerprint density at radius 1 is 1.05 bits per heavy atom. The molecule has 2 N–H and O–H groups in total. The molecular weight excluding hydrogens is 535 g/mol. The normalized spacial score (nSPS) is 11.8. The lowest BCUT2D eigenvalue weighted by atomic mass is 9.93. The number of ketones is 1. The Hall–Kier alpha value is -3.59. The lowest BCUT2D eigenvalue weighted by Gasteiger charge is -2.20. The fourth-order valence-electron chi connectivity index (χ4n) is 4.43. The van der Waals surface area contributed by atoms with E-state index in [0.29, 0.717) is 40.7 Å². The average Bonchev–Trinajstić information content (AvgIpc) is 2.93. The van der Waals surface area contributed by atoms with Crippen LogP contribution in [0.4, 0.5) is 10.1 Å². The molecule has 0 spiro atoms. The van der Waals surface area contributed by atoms with Crippen molar-refractivity contribution < 1.29 is 24.3 Å². The molecule has 0 bridgehead atoms. The first-order chi connectivity index (χ1) is 19.7. The summed E-state index contributed by atoms with van der Waals surface area (Å²) in [7, 11) is 2.79. The van der Waals surface area contributed by atoms with Gasteiger partial charge in [-0.3, -0.25) is 9.59 Å². The van der Waals surface area contributed by atoms with Crippen LogP contribution in [0.3, 0.4) is 0 Å². The first-order valence-electron chi connectivity index (χ1n) is 14.6. The predicted molar refractivity (Wildman–Crippen MR) is 168 cm³/mol. The van der Waals surface area contributed by atoms with Gasteiger partial charge in [-0.05, 0) is 65.0 Å². The Labute approximate surface area is 249 Å². The number of carbonyl (C=O) groups excluding carboxylic acids is 1. The largest absolute Gasteiger partial charge is 0.454 e. The summed E-state index contributed by atoms with van der Waals surface area (Å²) in [5, 5.41) is 20.6. The fraction of sp³-hybridized carbons (Fsp3) is 0.412. The summed E-state index contributed by atoms with van der Waals surface area (Å²) < 4.78 is 22.5. The number of carbonyl (C=O) groups is 1. The minimum absolute atomic E-state index is 0.00474. The van der Waals surface area contributed by atoms with Crippen LogP contribution in [0.2, 0.25) is 0 Å². The third-order valence-corrected chi connectivity index (χ3v) is 6.76. The van der Waals surface area contributed by atoms with Gasteiger partial charge in [0.15, 0.2) is 23.0 Å². The van der Waals surface area contributed by atoms with E-state index in [-0.39, 0.29) is 34.4 Å². The van der Waals surface area contributed by atoms with Gasteiger partial charge in [-0.2, -0.15) is 10.4 Å². The zero-order chi connectivity index (χ0) is 31.8. The maximum atomic E-state index is 15.0. The molecule has 0 unspecified atom stereocenters. The molecule has 1 aromatic heterocycles. The Balaban J connectivity index is 0.00000197. The number of hydrogen-bond acceptors (Lipinski definition) is 5. The molecular formula is C34H46FN2O5+. The average molecular weight is 582 g/mol. The van der Waals surface area contributed by atoms with Gasteiger partial charge in [-0.1, -0.05) is 60.5 Å². The highest BCUT2D eigenvalue weighted by Crippen LogP contribution is 2.40. The molecule has 42 heavy (non-hydrogen) atoms. The second kappa shape index (κ2) is 15.0. The van der Waals surface area contributed by atoms with E-state index < -0.39 is 10.6 Å². The topological polar surface area (TPSA) is 88.8 Å². The molecule has 0 amide bonds. The molecule has 0 aliphatic rings. The number of benzene rings is 2. The second-order valence-corrected chi connectivity index (χ2v) is 10.9. The molecule has 228 valence electrons. The Bertz CT molecular complexity index is 1480. The highest BCUT2D eigenvalue weighted by molar-refractivity contribution is 6.00. The highest BCUT2D eigenvalue weighted by atomic mass is 19.1. The number of quaternary nitrogens is 1. The fourth-order valence-corrected chi connectivity index (χ4v) is 4.43. The van der Waals surface area contributed by atoms with Crippen molar-refractivity contribution in [3.05, 3.63) is 81.0 Å². The van der Waals surface area contributed by atoms with Crippen molar-refractivity contribution in [2.24, 2.45) is 7.05 Å². The summed E-state index contributed by atoms with van der Waals surface area (Å²) in [6.07, 6.45) is 6.22. The molecule has 0 fully saturated rings. The molecule has 2 aromatic carbocycles. The van der Waals surface area contributed by atoms with E-state index in [1.54, 1.807) is 45.3 Å². The zero-order valence-corrected chi connectivity index (χ0v) is 26.4. The van der Waals surface area contributed by atoms with E-state index in [9.17, 15) is 20.0 Å². The summed E-state index contributed by atoms with van der Waals surface area (Å²) in [4.78, 5) is 24.3. The van der Waals surface area contributed by atoms with Gasteiger partial charge in [0, 0.05) is 48.5 Å². The van der Waals surface area contributed by atoms with E-state index in [1.807, 2.05) is 20.8 Å². The molecule has 7 nitrogen and oxygen atoms in total. The first kappa shape index (κ1) is 34.6. The quantitative estimate of drug-likeness (QED) is 0.142. The lowest BCUT2D eigenvalue weighted by Crippen LogP contribution is -2.36. The number of hydroxylamine groups is 2. The third kappa shape index (κ3) is 8.47. The smallest absolute Gasteiger partial charge is 0.253 e. The summed E-state index contributed by atoms with van der Waals surface area (Å²) in [6.45, 7) is 13.6. The highest BCUT2D eigenvalue weighted by Gasteiger charge is 2.25. The van der Waals surface area contributed by atoms with E-state index >= 15 is 4.39 Å². The molecule has 3 rings (SSSR count). The molecule has 1 heterocycles. The van der Waals surface area contributed by atoms with Crippen LogP contribution in [0.25, 0.3) is 17.2 Å². The maximum Gasteiger partial charge on any atom is 0.253 e. The van der Waals surface area contributed by atoms with Gasteiger partial charge in [0.2, 0.25) is 0 Å². The molecule has 0 saturated carbocycles. The predicted octanol–water partition coefficient (Wildman–Crippen LogP) is 8.71. The van der Waals surface area contributed by atoms with Crippen LogP contribution in [0.1, 0.15) is 89.8 Å². The van der Waals surface area contributed by atoms with Crippen LogP contribution in [0.5, 0.6) is 11.5 Å². The van der Waals surface area contributed by atoms with Crippen molar-refractivity contribution in [3.8, 4) is 22.6 Å². The van der Waals surface area contributed by atoms with E-state index in [0.717, 1.165) is 12.0 Å². The summed E-state index contributed by atoms with van der Waals surface area (Å²) in [5.41, 5.74) is 3.17. The third-order valence-electron chi connectivity index (χ3n) is 6.76. The first-order valence-corrected chi connectivity index (χ1v) is 14.6. The van der Waals surface area contributed by atoms with Crippen molar-refractivity contribution in [2.75, 3.05) is 7.05 Å². The number of aromatic nitrogens is 1. The number of nitrogens with zero attached hydrogens (tertiary/aromatic N) is 2. The van der Waals surface area contributed by atoms with Crippen LogP contribution in [-0.2, 0) is 11.8 Å². The van der Waals surface area contributed by atoms with Gasteiger partial charge in [-0.25, -0.2) is 4.39 Å². The SMILES string of the molecule is CCC.CCC/C(=C\c1c(-c2cc([N+](C)(O)O)ccc2Oc2ccc(C(C)C)cc2F)cn(C)c(=O)c1C)C(=O)CC. The number of rotatable bonds is 10. The van der Waals surface area contributed by atoms with Crippen molar-refractivity contribution in [3.63, 3.8) is 0 Å². The molecule has 3 aromatic rings. The maximum absolute atomic E-state index is 15.0. The lowest BCUT2D eigenvalue weighted by molar-refractivity contribution is -0.272. The van der Waals surface area contributed by atoms with E-state index in [4.69, 9.17) is 4.74 Å². The van der Waals surface area contributed by atoms with Gasteiger partial charge in [-0.15, -0.1) is 0 Å². The van der Waals surface area contributed by atoms with Crippen molar-refractivity contribution in [1.82, 2.24) is 9.38 Å². The Morgan fingerprint density at radius 3 is 2.19 bits per heavy atom. The van der Waals surface area contributed by atoms with Crippen molar-refractivity contribution in [1.29, 1.82) is 0 Å². The number of Topliss-reactive ketones (excluding diaryl/α,β-unsaturated/α-hetero) is 1.